The van der Waals surface area contributed by atoms with Crippen LogP contribution >= 0.6 is 0 Å². The van der Waals surface area contributed by atoms with Crippen LogP contribution in [0.5, 0.6) is 0 Å². The highest BCUT2D eigenvalue weighted by atomic mass is 16.6. The normalized spacial score (nSPS) is 13.0. The van der Waals surface area contributed by atoms with Crippen LogP contribution in [0.1, 0.15) is 303 Å². The maximum atomic E-state index is 12.9. The molecule has 0 aliphatic rings. The lowest BCUT2D eigenvalue weighted by atomic mass is 10.1. The van der Waals surface area contributed by atoms with Crippen LogP contribution in [-0.4, -0.2) is 37.2 Å². The second-order valence-corrected chi connectivity index (χ2v) is 22.3. The first-order valence-corrected chi connectivity index (χ1v) is 34.3. The molecule has 0 N–H and O–H groups in total. The number of hydrogen-bond acceptors (Lipinski definition) is 6. The van der Waals surface area contributed by atoms with Gasteiger partial charge in [0.25, 0.3) is 0 Å². The molecule has 0 saturated carbocycles. The van der Waals surface area contributed by atoms with Crippen molar-refractivity contribution in [2.24, 2.45) is 0 Å². The average Bonchev–Trinajstić information content (AvgIpc) is 3.50. The zero-order valence-corrected chi connectivity index (χ0v) is 53.9. The van der Waals surface area contributed by atoms with Crippen LogP contribution in [0.25, 0.3) is 0 Å². The van der Waals surface area contributed by atoms with Crippen LogP contribution in [0.3, 0.4) is 0 Å². The summed E-state index contributed by atoms with van der Waals surface area (Å²) in [5, 5.41) is 0. The molecule has 0 bridgehead atoms. The Kier molecular flexibility index (Phi) is 65.8. The molecular weight excluding hydrogens is 1020 g/mol. The number of esters is 3. The fraction of sp³-hybridized carbons (Fsp3) is 0.649. The number of ether oxygens (including phenoxy) is 3. The van der Waals surface area contributed by atoms with Gasteiger partial charge in [0.1, 0.15) is 13.2 Å². The van der Waals surface area contributed by atoms with Gasteiger partial charge >= 0.3 is 17.9 Å². The van der Waals surface area contributed by atoms with Gasteiger partial charge in [-0.05, 0) is 141 Å². The van der Waals surface area contributed by atoms with E-state index >= 15 is 0 Å². The van der Waals surface area contributed by atoms with Crippen molar-refractivity contribution in [1.82, 2.24) is 0 Å². The van der Waals surface area contributed by atoms with Gasteiger partial charge in [-0.2, -0.15) is 0 Å². The zero-order chi connectivity index (χ0) is 59.9. The van der Waals surface area contributed by atoms with E-state index in [4.69, 9.17) is 14.2 Å². The lowest BCUT2D eigenvalue weighted by molar-refractivity contribution is -0.167. The summed E-state index contributed by atoms with van der Waals surface area (Å²) >= 11 is 0. The third-order valence-electron chi connectivity index (χ3n) is 14.3. The van der Waals surface area contributed by atoms with Gasteiger partial charge in [-0.15, -0.1) is 0 Å². The molecule has 6 nitrogen and oxygen atoms in total. The molecule has 0 spiro atoms. The summed E-state index contributed by atoms with van der Waals surface area (Å²) in [7, 11) is 0. The second kappa shape index (κ2) is 69.8. The number of rotatable bonds is 61. The Balaban J connectivity index is 4.45. The van der Waals surface area contributed by atoms with Crippen LogP contribution in [0, 0.1) is 0 Å². The average molecular weight is 1150 g/mol. The summed E-state index contributed by atoms with van der Waals surface area (Å²) in [4.78, 5) is 38.5. The molecule has 1 atom stereocenters. The van der Waals surface area contributed by atoms with Crippen LogP contribution in [0.2, 0.25) is 0 Å². The van der Waals surface area contributed by atoms with Crippen molar-refractivity contribution in [1.29, 1.82) is 0 Å². The minimum atomic E-state index is -0.808. The van der Waals surface area contributed by atoms with Gasteiger partial charge in [-0.1, -0.05) is 289 Å². The SMILES string of the molecule is CC/C=C\C/C=C\C/C=C\C/C=C\C/C=C\C/C=C\CCCCCCCCCCC(=O)OCC(COC(=O)CCCCCCCCCCC/C=C\CCCCCCCC)OC(=O)CCCCC/C=C\C/C=C\C/C=C\C/C=C\C/C=C\CC. The van der Waals surface area contributed by atoms with E-state index in [1.807, 2.05) is 0 Å². The minimum absolute atomic E-state index is 0.0990. The predicted molar refractivity (Wildman–Crippen MR) is 362 cm³/mol. The van der Waals surface area contributed by atoms with Crippen molar-refractivity contribution in [3.05, 3.63) is 146 Å². The van der Waals surface area contributed by atoms with Crippen LogP contribution in [-0.2, 0) is 28.6 Å². The van der Waals surface area contributed by atoms with Gasteiger partial charge in [0.2, 0.25) is 0 Å². The smallest absolute Gasteiger partial charge is 0.306 e. The summed E-state index contributed by atoms with van der Waals surface area (Å²) < 4.78 is 16.9. The minimum Gasteiger partial charge on any atom is -0.462 e. The van der Waals surface area contributed by atoms with Gasteiger partial charge in [0.15, 0.2) is 6.10 Å². The molecule has 0 heterocycles. The molecule has 0 aromatic carbocycles. The summed E-state index contributed by atoms with van der Waals surface area (Å²) in [6, 6.07) is 0. The van der Waals surface area contributed by atoms with Crippen molar-refractivity contribution < 1.29 is 28.6 Å². The van der Waals surface area contributed by atoms with Crippen molar-refractivity contribution in [3.8, 4) is 0 Å². The molecule has 0 saturated heterocycles. The maximum Gasteiger partial charge on any atom is 0.306 e. The number of hydrogen-bond donors (Lipinski definition) is 0. The Morgan fingerprint density at radius 2 is 0.470 bits per heavy atom. The lowest BCUT2D eigenvalue weighted by Crippen LogP contribution is -2.30. The van der Waals surface area contributed by atoms with Crippen LogP contribution in [0.15, 0.2) is 146 Å². The third kappa shape index (κ3) is 68.0. The standard InChI is InChI=1S/C77H126O6/c1-4-7-10-13-16-19-22-25-28-31-34-35-36-37-38-39-40-41-44-46-49-52-55-58-61-64-67-70-76(79)82-73-74(83-77(80)71-68-65-62-59-56-53-50-47-43-33-30-27-24-21-18-15-12-9-6-3)72-81-75(78)69-66-63-60-57-54-51-48-45-42-32-29-26-23-20-17-14-11-8-5-2/h7,9-10,12,16,18-19,21,25-30,34-35,37-38,40-41,43,47,53,56,74H,4-6,8,11,13-15,17,20,22-24,31-33,36,39,42,44-46,48-52,54-55,57-73H2,1-3H3/b10-7-,12-9-,19-16-,21-18-,28-25-,29-26-,30-27-,35-34-,38-37-,41-40-,47-43-,56-53-. The van der Waals surface area contributed by atoms with Crippen molar-refractivity contribution in [2.75, 3.05) is 13.2 Å². The lowest BCUT2D eigenvalue weighted by Gasteiger charge is -2.18. The van der Waals surface area contributed by atoms with E-state index in [1.165, 1.54) is 122 Å². The molecular formula is C77H126O6. The molecule has 6 heteroatoms. The second-order valence-electron chi connectivity index (χ2n) is 22.3. The van der Waals surface area contributed by atoms with E-state index in [9.17, 15) is 14.4 Å². The highest BCUT2D eigenvalue weighted by molar-refractivity contribution is 5.71. The van der Waals surface area contributed by atoms with Crippen molar-refractivity contribution in [2.45, 2.75) is 309 Å². The molecule has 0 aliphatic carbocycles. The highest BCUT2D eigenvalue weighted by Crippen LogP contribution is 2.15. The Hall–Kier alpha value is -4.71. The van der Waals surface area contributed by atoms with Crippen molar-refractivity contribution in [3.63, 3.8) is 0 Å². The Morgan fingerprint density at radius 1 is 0.253 bits per heavy atom. The molecule has 0 aromatic heterocycles. The number of allylic oxidation sites excluding steroid dienone is 24. The van der Waals surface area contributed by atoms with E-state index in [1.54, 1.807) is 0 Å². The van der Waals surface area contributed by atoms with Crippen LogP contribution < -0.4 is 0 Å². The molecule has 0 radical (unpaired) electrons. The van der Waals surface area contributed by atoms with Gasteiger partial charge < -0.3 is 14.2 Å². The fourth-order valence-electron chi connectivity index (χ4n) is 9.23. The number of unbranched alkanes of at least 4 members (excludes halogenated alkanes) is 26. The van der Waals surface area contributed by atoms with Crippen LogP contribution in [0.4, 0.5) is 0 Å². The third-order valence-corrected chi connectivity index (χ3v) is 14.3. The van der Waals surface area contributed by atoms with E-state index in [0.717, 1.165) is 141 Å². The molecule has 0 amide bonds. The Bertz CT molecular complexity index is 1800. The molecule has 0 aromatic rings. The molecule has 0 rings (SSSR count). The summed E-state index contributed by atoms with van der Waals surface area (Å²) in [5.74, 6) is -0.937. The summed E-state index contributed by atoms with van der Waals surface area (Å²) in [5.41, 5.74) is 0. The van der Waals surface area contributed by atoms with Gasteiger partial charge in [-0.3, -0.25) is 14.4 Å². The number of carbonyl (C=O) groups excluding carboxylic acids is 3. The molecule has 0 aliphatic heterocycles. The van der Waals surface area contributed by atoms with E-state index < -0.39 is 6.10 Å². The molecule has 470 valence electrons. The Morgan fingerprint density at radius 3 is 0.759 bits per heavy atom. The number of carbonyl (C=O) groups is 3. The van der Waals surface area contributed by atoms with Gasteiger partial charge in [0.05, 0.1) is 0 Å². The molecule has 0 fully saturated rings. The van der Waals surface area contributed by atoms with Gasteiger partial charge in [-0.25, -0.2) is 0 Å². The fourth-order valence-corrected chi connectivity index (χ4v) is 9.23. The predicted octanol–water partition coefficient (Wildman–Crippen LogP) is 23.9. The first-order chi connectivity index (χ1) is 41.0. The first-order valence-electron chi connectivity index (χ1n) is 34.3. The Labute approximate surface area is 512 Å². The van der Waals surface area contributed by atoms with Crippen molar-refractivity contribution >= 4 is 17.9 Å². The highest BCUT2D eigenvalue weighted by Gasteiger charge is 2.19. The topological polar surface area (TPSA) is 78.9 Å². The summed E-state index contributed by atoms with van der Waals surface area (Å²) in [6.07, 6.45) is 100.0. The molecule has 1 unspecified atom stereocenters. The largest absolute Gasteiger partial charge is 0.462 e. The van der Waals surface area contributed by atoms with E-state index in [-0.39, 0.29) is 37.5 Å². The molecule has 83 heavy (non-hydrogen) atoms. The van der Waals surface area contributed by atoms with Gasteiger partial charge in [0, 0.05) is 19.3 Å². The van der Waals surface area contributed by atoms with E-state index in [0.29, 0.717) is 12.8 Å². The zero-order valence-electron chi connectivity index (χ0n) is 53.9. The first kappa shape index (κ1) is 78.3. The monoisotopic (exact) mass is 1150 g/mol. The summed E-state index contributed by atoms with van der Waals surface area (Å²) in [6.45, 7) is 6.39. The quantitative estimate of drug-likeness (QED) is 0.0261. The van der Waals surface area contributed by atoms with E-state index in [2.05, 4.69) is 167 Å². The maximum absolute atomic E-state index is 12.9.